The Hall–Kier alpha value is -5.25. The summed E-state index contributed by atoms with van der Waals surface area (Å²) in [6.45, 7) is 2.20. The Morgan fingerprint density at radius 3 is 2.29 bits per heavy atom. The number of amides is 1. The molecule has 232 valence electrons. The number of aryl methyl sites for hydroxylation is 1. The van der Waals surface area contributed by atoms with Gasteiger partial charge in [-0.2, -0.15) is 0 Å². The van der Waals surface area contributed by atoms with Gasteiger partial charge in [-0.3, -0.25) is 14.6 Å². The van der Waals surface area contributed by atoms with Crippen molar-refractivity contribution in [1.29, 1.82) is 0 Å². The molecule has 0 unspecified atom stereocenters. The first-order valence-corrected chi connectivity index (χ1v) is 14.5. The van der Waals surface area contributed by atoms with Gasteiger partial charge in [0.25, 0.3) is 5.91 Å². The lowest BCUT2D eigenvalue weighted by molar-refractivity contribution is 0.0987. The third-order valence-corrected chi connectivity index (χ3v) is 7.39. The first-order valence-electron chi connectivity index (χ1n) is 14.5. The summed E-state index contributed by atoms with van der Waals surface area (Å²) >= 11 is 0. The van der Waals surface area contributed by atoms with Gasteiger partial charge in [-0.25, -0.2) is 8.78 Å². The first kappa shape index (κ1) is 31.2. The van der Waals surface area contributed by atoms with Gasteiger partial charge < -0.3 is 23.7 Å². The molecule has 1 amide bonds. The average molecular weight is 614 g/mol. The van der Waals surface area contributed by atoms with Crippen LogP contribution in [0.2, 0.25) is 0 Å². The molecule has 8 nitrogen and oxygen atoms in total. The van der Waals surface area contributed by atoms with Crippen molar-refractivity contribution in [2.75, 3.05) is 32.3 Å². The van der Waals surface area contributed by atoms with Gasteiger partial charge in [0.05, 0.1) is 32.0 Å². The molecule has 0 saturated carbocycles. The van der Waals surface area contributed by atoms with Gasteiger partial charge in [-0.1, -0.05) is 6.07 Å². The van der Waals surface area contributed by atoms with Gasteiger partial charge in [0.15, 0.2) is 0 Å². The third kappa shape index (κ3) is 7.12. The van der Waals surface area contributed by atoms with Gasteiger partial charge in [0.2, 0.25) is 5.43 Å². The molecule has 5 aromatic rings. The highest BCUT2D eigenvalue weighted by Gasteiger charge is 2.23. The van der Waals surface area contributed by atoms with E-state index in [2.05, 4.69) is 4.98 Å². The highest BCUT2D eigenvalue weighted by atomic mass is 19.1. The molecule has 0 atom stereocenters. The molecule has 0 N–H and O–H groups in total. The molecule has 2 aromatic heterocycles. The summed E-state index contributed by atoms with van der Waals surface area (Å²) in [5.74, 6) is -0.824. The van der Waals surface area contributed by atoms with E-state index in [9.17, 15) is 18.4 Å². The number of ether oxygens (including phenoxy) is 3. The predicted octanol–water partition coefficient (Wildman–Crippen LogP) is 6.75. The molecule has 10 heteroatoms. The van der Waals surface area contributed by atoms with Crippen LogP contribution in [0.3, 0.4) is 0 Å². The molecule has 3 aromatic carbocycles. The molecule has 0 aliphatic rings. The summed E-state index contributed by atoms with van der Waals surface area (Å²) in [6.07, 6.45) is 7.65. The van der Waals surface area contributed by atoms with Gasteiger partial charge >= 0.3 is 0 Å². The molecule has 5 rings (SSSR count). The van der Waals surface area contributed by atoms with Crippen molar-refractivity contribution in [2.24, 2.45) is 0 Å². The maximum Gasteiger partial charge on any atom is 0.263 e. The Bertz CT molecular complexity index is 1840. The van der Waals surface area contributed by atoms with Crippen LogP contribution in [0.4, 0.5) is 14.5 Å². The van der Waals surface area contributed by atoms with Crippen molar-refractivity contribution in [3.05, 3.63) is 118 Å². The molecule has 0 saturated heterocycles. The normalized spacial score (nSPS) is 11.0. The number of unbranched alkanes of at least 4 members (excludes halogenated alkanes) is 1. The van der Waals surface area contributed by atoms with E-state index in [1.54, 1.807) is 54.1 Å². The Morgan fingerprint density at radius 1 is 0.911 bits per heavy atom. The van der Waals surface area contributed by atoms with Crippen molar-refractivity contribution < 1.29 is 27.8 Å². The first-order chi connectivity index (χ1) is 21.8. The molecule has 45 heavy (non-hydrogen) atoms. The summed E-state index contributed by atoms with van der Waals surface area (Å²) in [6, 6.07) is 17.0. The zero-order chi connectivity index (χ0) is 31.9. The van der Waals surface area contributed by atoms with E-state index in [-0.39, 0.29) is 23.2 Å². The lowest BCUT2D eigenvalue weighted by Gasteiger charge is -2.22. The number of benzene rings is 3. The second-order valence-corrected chi connectivity index (χ2v) is 10.3. The van der Waals surface area contributed by atoms with Gasteiger partial charge in [0, 0.05) is 66.5 Å². The number of aromatic nitrogens is 2. The zero-order valence-electron chi connectivity index (χ0n) is 25.3. The van der Waals surface area contributed by atoms with E-state index in [4.69, 9.17) is 14.2 Å². The van der Waals surface area contributed by atoms with Crippen LogP contribution in [-0.4, -0.2) is 42.8 Å². The zero-order valence-corrected chi connectivity index (χ0v) is 25.3. The maximum absolute atomic E-state index is 14.1. The maximum atomic E-state index is 14.1. The van der Waals surface area contributed by atoms with Crippen LogP contribution in [0.15, 0.2) is 90.1 Å². The summed E-state index contributed by atoms with van der Waals surface area (Å²) in [4.78, 5) is 33.0. The van der Waals surface area contributed by atoms with E-state index in [1.807, 2.05) is 18.3 Å². The van der Waals surface area contributed by atoms with E-state index >= 15 is 0 Å². The summed E-state index contributed by atoms with van der Waals surface area (Å²) < 4.78 is 46.8. The Kier molecular flexibility index (Phi) is 9.72. The Morgan fingerprint density at radius 2 is 1.64 bits per heavy atom. The molecular weight excluding hydrogens is 580 g/mol. The number of halogens is 2. The highest BCUT2D eigenvalue weighted by molar-refractivity contribution is 6.07. The van der Waals surface area contributed by atoms with Crippen molar-refractivity contribution in [1.82, 2.24) is 9.55 Å². The average Bonchev–Trinajstić information content (AvgIpc) is 3.04. The smallest absolute Gasteiger partial charge is 0.263 e. The van der Waals surface area contributed by atoms with Crippen LogP contribution in [-0.2, 0) is 6.42 Å². The summed E-state index contributed by atoms with van der Waals surface area (Å²) in [5, 5.41) is 0.257. The van der Waals surface area contributed by atoms with Crippen molar-refractivity contribution in [3.63, 3.8) is 0 Å². The highest BCUT2D eigenvalue weighted by Crippen LogP contribution is 2.29. The standard InChI is InChI=1S/C35H33F2N3O5/c1-4-39(26-15-24(36)14-25(37)16-26)35(42)32-22-40(27-17-29(43-2)19-30(18-27)44-3)33-20-28(10-11-31(33)34(32)41)45-13-6-5-8-23-9-7-12-38-21-23/h7,9-12,14-22H,4-6,8,13H2,1-3H3. The van der Waals surface area contributed by atoms with Crippen LogP contribution < -0.4 is 24.5 Å². The second kappa shape index (κ2) is 14.0. The van der Waals surface area contributed by atoms with E-state index in [0.29, 0.717) is 35.1 Å². The third-order valence-electron chi connectivity index (χ3n) is 7.39. The fourth-order valence-electron chi connectivity index (χ4n) is 5.14. The van der Waals surface area contributed by atoms with Crippen LogP contribution in [0.1, 0.15) is 35.7 Å². The minimum absolute atomic E-state index is 0.00127. The topological polar surface area (TPSA) is 82.9 Å². The second-order valence-electron chi connectivity index (χ2n) is 10.3. The van der Waals surface area contributed by atoms with E-state index in [0.717, 1.165) is 47.9 Å². The van der Waals surface area contributed by atoms with Crippen molar-refractivity contribution >= 4 is 22.5 Å². The number of fused-ring (bicyclic) bond motifs is 1. The lowest BCUT2D eigenvalue weighted by atomic mass is 10.1. The number of methoxy groups -OCH3 is 2. The number of pyridine rings is 2. The van der Waals surface area contributed by atoms with Crippen molar-refractivity contribution in [2.45, 2.75) is 26.2 Å². The van der Waals surface area contributed by atoms with Gasteiger partial charge in [0.1, 0.15) is 34.4 Å². The molecule has 0 aliphatic heterocycles. The monoisotopic (exact) mass is 613 g/mol. The number of rotatable bonds is 12. The minimum Gasteiger partial charge on any atom is -0.497 e. The fraction of sp³-hybridized carbons (Fsp3) is 0.229. The number of hydrogen-bond acceptors (Lipinski definition) is 6. The minimum atomic E-state index is -0.833. The quantitative estimate of drug-likeness (QED) is 0.145. The molecule has 2 heterocycles. The SMILES string of the molecule is CCN(C(=O)c1cn(-c2cc(OC)cc(OC)c2)c2cc(OCCCCc3cccnc3)ccc2c1=O)c1cc(F)cc(F)c1. The summed E-state index contributed by atoms with van der Waals surface area (Å²) in [7, 11) is 3.04. The van der Waals surface area contributed by atoms with Crippen LogP contribution in [0.25, 0.3) is 16.6 Å². The largest absolute Gasteiger partial charge is 0.497 e. The number of carbonyl (C=O) groups excluding carboxylic acids is 1. The Labute approximate surface area is 259 Å². The molecule has 0 bridgehead atoms. The number of carbonyl (C=O) groups is 1. The molecule has 0 spiro atoms. The molecular formula is C35H33F2N3O5. The van der Waals surface area contributed by atoms with Crippen LogP contribution >= 0.6 is 0 Å². The van der Waals surface area contributed by atoms with Crippen molar-refractivity contribution in [3.8, 4) is 22.9 Å². The Balaban J connectivity index is 1.54. The van der Waals surface area contributed by atoms with Gasteiger partial charge in [-0.15, -0.1) is 0 Å². The number of nitrogens with zero attached hydrogens (tertiary/aromatic N) is 3. The van der Waals surface area contributed by atoms with Crippen LogP contribution in [0.5, 0.6) is 17.2 Å². The molecule has 0 aliphatic carbocycles. The lowest BCUT2D eigenvalue weighted by Crippen LogP contribution is -2.35. The van der Waals surface area contributed by atoms with E-state index in [1.165, 1.54) is 20.4 Å². The number of anilines is 1. The van der Waals surface area contributed by atoms with Crippen LogP contribution in [0, 0.1) is 11.6 Å². The summed E-state index contributed by atoms with van der Waals surface area (Å²) in [5.41, 5.74) is 1.49. The van der Waals surface area contributed by atoms with E-state index < -0.39 is 23.0 Å². The van der Waals surface area contributed by atoms with Gasteiger partial charge in [-0.05, 0) is 62.1 Å². The number of hydrogen-bond donors (Lipinski definition) is 0. The predicted molar refractivity (Wildman–Crippen MR) is 169 cm³/mol. The molecule has 0 fully saturated rings. The molecule has 0 radical (unpaired) electrons. The fourth-order valence-corrected chi connectivity index (χ4v) is 5.14.